The van der Waals surface area contributed by atoms with Gasteiger partial charge in [-0.1, -0.05) is 42.5 Å². The van der Waals surface area contributed by atoms with Crippen molar-refractivity contribution >= 4 is 39.3 Å². The molecule has 9 rings (SSSR count). The number of rotatable bonds is 7. The Morgan fingerprint density at radius 2 is 1.24 bits per heavy atom. The van der Waals surface area contributed by atoms with E-state index in [2.05, 4.69) is 38.3 Å². The van der Waals surface area contributed by atoms with Gasteiger partial charge < -0.3 is 35.8 Å². The molecule has 0 bridgehead atoms. The average Bonchev–Trinajstić information content (AvgIpc) is 3.89. The first kappa shape index (κ1) is 38.1. The van der Waals surface area contributed by atoms with Crippen LogP contribution in [0.2, 0.25) is 0 Å². The zero-order chi connectivity index (χ0) is 40.3. The Bertz CT molecular complexity index is 2630. The van der Waals surface area contributed by atoms with E-state index in [0.29, 0.717) is 40.6 Å². The minimum Gasteiger partial charge on any atom is -0.507 e. The van der Waals surface area contributed by atoms with Crippen LogP contribution in [0.3, 0.4) is 0 Å². The Labute approximate surface area is 337 Å². The SMILES string of the molecule is COc1cccc(C(=O)N[C@@H]2CCN(c3nc(-c4ccccc4O)nc4cc(C)ccc34)C2)c1.Cc1ccc2c(N3CC[C@@H](N)C3)nc(-c3ccccc3O)nc2c1. The van der Waals surface area contributed by atoms with Crippen molar-refractivity contribution in [2.75, 3.05) is 43.1 Å². The van der Waals surface area contributed by atoms with Gasteiger partial charge in [0.15, 0.2) is 11.6 Å². The van der Waals surface area contributed by atoms with Gasteiger partial charge in [-0.05, 0) is 105 Å². The summed E-state index contributed by atoms with van der Waals surface area (Å²) in [5, 5.41) is 25.7. The van der Waals surface area contributed by atoms with Gasteiger partial charge in [0.2, 0.25) is 0 Å². The van der Waals surface area contributed by atoms with E-state index in [1.807, 2.05) is 68.4 Å². The van der Waals surface area contributed by atoms with E-state index in [1.165, 1.54) is 0 Å². The van der Waals surface area contributed by atoms with Gasteiger partial charge in [-0.2, -0.15) is 0 Å². The first-order chi connectivity index (χ1) is 28.1. The normalized spacial score (nSPS) is 16.3. The van der Waals surface area contributed by atoms with Crippen molar-refractivity contribution in [3.05, 3.63) is 126 Å². The molecule has 7 aromatic rings. The molecule has 58 heavy (non-hydrogen) atoms. The number of aromatic nitrogens is 4. The van der Waals surface area contributed by atoms with Gasteiger partial charge in [0.1, 0.15) is 28.9 Å². The van der Waals surface area contributed by atoms with Crippen LogP contribution in [0.1, 0.15) is 34.3 Å². The monoisotopic (exact) mass is 774 g/mol. The molecule has 294 valence electrons. The van der Waals surface area contributed by atoms with Crippen molar-refractivity contribution in [2.45, 2.75) is 38.8 Å². The number of fused-ring (bicyclic) bond motifs is 2. The van der Waals surface area contributed by atoms with E-state index in [4.69, 9.17) is 25.4 Å². The summed E-state index contributed by atoms with van der Waals surface area (Å²) in [7, 11) is 1.59. The van der Waals surface area contributed by atoms with Crippen molar-refractivity contribution < 1.29 is 19.7 Å². The van der Waals surface area contributed by atoms with Crippen LogP contribution in [-0.2, 0) is 0 Å². The maximum Gasteiger partial charge on any atom is 0.251 e. The summed E-state index contributed by atoms with van der Waals surface area (Å²) in [5.74, 6) is 3.59. The van der Waals surface area contributed by atoms with Crippen LogP contribution in [0.25, 0.3) is 44.6 Å². The van der Waals surface area contributed by atoms with Crippen LogP contribution in [-0.4, -0.2) is 81.4 Å². The molecule has 2 aliphatic rings. The van der Waals surface area contributed by atoms with Crippen molar-refractivity contribution in [1.29, 1.82) is 0 Å². The summed E-state index contributed by atoms with van der Waals surface area (Å²) in [5.41, 5.74) is 11.8. The Hall–Kier alpha value is -6.79. The topological polar surface area (TPSA) is 163 Å². The standard InChI is InChI=1S/C27H26N4O3.C19H20N4O/c1-17-10-11-21-23(14-17)29-25(22-8-3-4-9-24(22)32)30-26(21)31-13-12-19(16-31)28-27(33)18-6-5-7-20(15-18)34-2;1-12-6-7-14-16(10-12)21-18(15-4-2-3-5-17(15)24)22-19(14)23-9-8-13(20)11-23/h3-11,14-15,19,32H,12-13,16H2,1-2H3,(H,28,33);2-7,10,13,24H,8-9,11,20H2,1H3/t19-;13-/m11/s1. The molecule has 4 heterocycles. The van der Waals surface area contributed by atoms with Crippen LogP contribution < -0.4 is 25.6 Å². The molecule has 0 spiro atoms. The summed E-state index contributed by atoms with van der Waals surface area (Å²) in [6, 6.07) is 33.9. The quantitative estimate of drug-likeness (QED) is 0.130. The number of hydrogen-bond donors (Lipinski definition) is 4. The molecule has 2 saturated heterocycles. The van der Waals surface area contributed by atoms with Crippen molar-refractivity contribution in [3.63, 3.8) is 0 Å². The number of amides is 1. The molecule has 2 atom stereocenters. The van der Waals surface area contributed by atoms with Gasteiger partial charge in [0, 0.05) is 54.6 Å². The number of carbonyl (C=O) groups is 1. The summed E-state index contributed by atoms with van der Waals surface area (Å²) in [6.45, 7) is 7.15. The third-order valence-corrected chi connectivity index (χ3v) is 10.6. The van der Waals surface area contributed by atoms with Crippen LogP contribution in [0.15, 0.2) is 109 Å². The third kappa shape index (κ3) is 8.05. The zero-order valence-corrected chi connectivity index (χ0v) is 32.8. The second kappa shape index (κ2) is 16.4. The van der Waals surface area contributed by atoms with Crippen molar-refractivity contribution in [1.82, 2.24) is 25.3 Å². The highest BCUT2D eigenvalue weighted by Gasteiger charge is 2.28. The number of nitrogens with two attached hydrogens (primary N) is 1. The van der Waals surface area contributed by atoms with Gasteiger partial charge in [-0.15, -0.1) is 0 Å². The predicted octanol–water partition coefficient (Wildman–Crippen LogP) is 7.18. The minimum atomic E-state index is -0.121. The number of para-hydroxylation sites is 2. The van der Waals surface area contributed by atoms with Crippen LogP contribution in [0, 0.1) is 13.8 Å². The number of aryl methyl sites for hydroxylation is 2. The fourth-order valence-electron chi connectivity index (χ4n) is 7.58. The lowest BCUT2D eigenvalue weighted by Gasteiger charge is -2.21. The van der Waals surface area contributed by atoms with Gasteiger partial charge in [-0.3, -0.25) is 4.79 Å². The largest absolute Gasteiger partial charge is 0.507 e. The molecular formula is C46H46N8O4. The number of ether oxygens (including phenoxy) is 1. The molecule has 0 radical (unpaired) electrons. The van der Waals surface area contributed by atoms with E-state index >= 15 is 0 Å². The lowest BCUT2D eigenvalue weighted by atomic mass is 10.1. The molecule has 1 amide bonds. The van der Waals surface area contributed by atoms with E-state index in [0.717, 1.165) is 77.0 Å². The summed E-state index contributed by atoms with van der Waals surface area (Å²) in [6.07, 6.45) is 1.77. The Morgan fingerprint density at radius 1 is 0.690 bits per heavy atom. The molecule has 2 aromatic heterocycles. The number of aromatic hydroxyl groups is 2. The Balaban J connectivity index is 0.000000172. The molecular weight excluding hydrogens is 729 g/mol. The van der Waals surface area contributed by atoms with E-state index in [9.17, 15) is 15.0 Å². The molecule has 5 aromatic carbocycles. The van der Waals surface area contributed by atoms with Crippen LogP contribution >= 0.6 is 0 Å². The summed E-state index contributed by atoms with van der Waals surface area (Å²) < 4.78 is 5.23. The molecule has 12 nitrogen and oxygen atoms in total. The molecule has 0 unspecified atom stereocenters. The molecule has 12 heteroatoms. The average molecular weight is 775 g/mol. The first-order valence-electron chi connectivity index (χ1n) is 19.5. The van der Waals surface area contributed by atoms with Crippen molar-refractivity contribution in [3.8, 4) is 40.0 Å². The van der Waals surface area contributed by atoms with Crippen molar-refractivity contribution in [2.24, 2.45) is 5.73 Å². The fourth-order valence-corrected chi connectivity index (χ4v) is 7.58. The highest BCUT2D eigenvalue weighted by molar-refractivity contribution is 5.95. The number of nitrogens with zero attached hydrogens (tertiary/aromatic N) is 6. The number of methoxy groups -OCH3 is 1. The zero-order valence-electron chi connectivity index (χ0n) is 32.8. The lowest BCUT2D eigenvalue weighted by molar-refractivity contribution is 0.0940. The molecule has 5 N–H and O–H groups in total. The van der Waals surface area contributed by atoms with Gasteiger partial charge >= 0.3 is 0 Å². The highest BCUT2D eigenvalue weighted by atomic mass is 16.5. The van der Waals surface area contributed by atoms with E-state index in [-0.39, 0.29) is 29.5 Å². The van der Waals surface area contributed by atoms with E-state index in [1.54, 1.807) is 43.5 Å². The second-order valence-electron chi connectivity index (χ2n) is 14.9. The number of nitrogens with one attached hydrogen (secondary N) is 1. The minimum absolute atomic E-state index is 0.0113. The van der Waals surface area contributed by atoms with Gasteiger partial charge in [0.25, 0.3) is 5.91 Å². The van der Waals surface area contributed by atoms with Gasteiger partial charge in [0.05, 0.1) is 29.3 Å². The smallest absolute Gasteiger partial charge is 0.251 e. The lowest BCUT2D eigenvalue weighted by Crippen LogP contribution is -2.37. The number of phenols is 2. The van der Waals surface area contributed by atoms with Crippen LogP contribution in [0.4, 0.5) is 11.6 Å². The van der Waals surface area contributed by atoms with Gasteiger partial charge in [-0.25, -0.2) is 19.9 Å². The maximum atomic E-state index is 12.8. The Kier molecular flexibility index (Phi) is 10.7. The predicted molar refractivity (Wildman–Crippen MR) is 229 cm³/mol. The summed E-state index contributed by atoms with van der Waals surface area (Å²) in [4.78, 5) is 36.3. The number of anilines is 2. The number of hydrogen-bond acceptors (Lipinski definition) is 11. The molecule has 2 fully saturated rings. The molecule has 0 saturated carbocycles. The second-order valence-corrected chi connectivity index (χ2v) is 14.9. The molecule has 2 aliphatic heterocycles. The summed E-state index contributed by atoms with van der Waals surface area (Å²) >= 11 is 0. The number of carbonyl (C=O) groups excluding carboxylic acids is 1. The number of phenolic OH excluding ortho intramolecular Hbond substituents is 2. The Morgan fingerprint density at radius 3 is 1.78 bits per heavy atom. The number of benzene rings is 5. The molecule has 0 aliphatic carbocycles. The third-order valence-electron chi connectivity index (χ3n) is 10.6. The van der Waals surface area contributed by atoms with E-state index < -0.39 is 0 Å². The first-order valence-corrected chi connectivity index (χ1v) is 19.5. The maximum absolute atomic E-state index is 12.8. The fraction of sp³-hybridized carbons (Fsp3) is 0.239. The highest BCUT2D eigenvalue weighted by Crippen LogP contribution is 2.35. The van der Waals surface area contributed by atoms with Crippen LogP contribution in [0.5, 0.6) is 17.2 Å².